The quantitative estimate of drug-likeness (QED) is 0.793. The highest BCUT2D eigenvalue weighted by molar-refractivity contribution is 5.34. The van der Waals surface area contributed by atoms with Crippen molar-refractivity contribution in [3.8, 4) is 0 Å². The van der Waals surface area contributed by atoms with Crippen LogP contribution in [0.3, 0.4) is 0 Å². The summed E-state index contributed by atoms with van der Waals surface area (Å²) in [6.45, 7) is 6.70. The van der Waals surface area contributed by atoms with Crippen molar-refractivity contribution >= 4 is 5.82 Å². The molecule has 0 unspecified atom stereocenters. The van der Waals surface area contributed by atoms with E-state index in [4.69, 9.17) is 4.74 Å². The summed E-state index contributed by atoms with van der Waals surface area (Å²) in [4.78, 5) is 8.12. The molecule has 0 fully saturated rings. The molecule has 78 valence electrons. The molecular formula is C10H17N3O. The van der Waals surface area contributed by atoms with Gasteiger partial charge in [-0.3, -0.25) is 0 Å². The normalized spacial score (nSPS) is 11.4. The van der Waals surface area contributed by atoms with Crippen LogP contribution in [-0.2, 0) is 4.74 Å². The number of ether oxygens (including phenoxy) is 1. The third-order valence-electron chi connectivity index (χ3n) is 2.05. The lowest BCUT2D eigenvalue weighted by molar-refractivity contribution is 0.0343. The highest BCUT2D eigenvalue weighted by atomic mass is 16.5. The fourth-order valence-electron chi connectivity index (χ4n) is 0.927. The van der Waals surface area contributed by atoms with Gasteiger partial charge < -0.3 is 10.1 Å². The van der Waals surface area contributed by atoms with Crippen LogP contribution in [0.15, 0.2) is 12.4 Å². The van der Waals surface area contributed by atoms with Crippen molar-refractivity contribution in [2.24, 2.45) is 0 Å². The van der Waals surface area contributed by atoms with Gasteiger partial charge in [0.1, 0.15) is 12.1 Å². The predicted octanol–water partition coefficient (Wildman–Crippen LogP) is 1.62. The van der Waals surface area contributed by atoms with Gasteiger partial charge in [0, 0.05) is 25.4 Å². The molecule has 0 aliphatic rings. The number of hydrogen-bond donors (Lipinski definition) is 1. The number of aromatic nitrogens is 2. The first-order chi connectivity index (χ1) is 6.53. The van der Waals surface area contributed by atoms with Gasteiger partial charge >= 0.3 is 0 Å². The fraction of sp³-hybridized carbons (Fsp3) is 0.600. The smallest absolute Gasteiger partial charge is 0.129 e. The van der Waals surface area contributed by atoms with Crippen molar-refractivity contribution in [2.45, 2.75) is 26.4 Å². The summed E-state index contributed by atoms with van der Waals surface area (Å²) in [6, 6.07) is 1.91. The Labute approximate surface area is 84.7 Å². The van der Waals surface area contributed by atoms with E-state index in [-0.39, 0.29) is 5.60 Å². The third-order valence-corrected chi connectivity index (χ3v) is 2.05. The first-order valence-corrected chi connectivity index (χ1v) is 4.61. The van der Waals surface area contributed by atoms with Crippen molar-refractivity contribution in [1.82, 2.24) is 9.97 Å². The second-order valence-corrected chi connectivity index (χ2v) is 3.86. The highest BCUT2D eigenvalue weighted by Gasteiger charge is 2.15. The topological polar surface area (TPSA) is 47.0 Å². The molecule has 0 aliphatic heterocycles. The van der Waals surface area contributed by atoms with Gasteiger partial charge in [0.25, 0.3) is 0 Å². The molecule has 1 N–H and O–H groups in total. The Balaban J connectivity index is 2.54. The minimum absolute atomic E-state index is 0.182. The maximum atomic E-state index is 5.28. The van der Waals surface area contributed by atoms with Crippen LogP contribution in [0.25, 0.3) is 0 Å². The fourth-order valence-corrected chi connectivity index (χ4v) is 0.927. The molecule has 1 rings (SSSR count). The Kier molecular flexibility index (Phi) is 3.41. The number of methoxy groups -OCH3 is 1. The minimum Gasteiger partial charge on any atom is -0.377 e. The molecule has 14 heavy (non-hydrogen) atoms. The molecule has 0 aliphatic carbocycles. The summed E-state index contributed by atoms with van der Waals surface area (Å²) < 4.78 is 5.28. The Bertz CT molecular complexity index is 299. The SMILES string of the molecule is COC(C)(C)CNc1cc(C)ncn1. The zero-order chi connectivity index (χ0) is 10.6. The van der Waals surface area contributed by atoms with Gasteiger partial charge in [0.15, 0.2) is 0 Å². The second-order valence-electron chi connectivity index (χ2n) is 3.86. The van der Waals surface area contributed by atoms with Crippen LogP contribution in [0.2, 0.25) is 0 Å². The molecule has 1 aromatic rings. The Morgan fingerprint density at radius 1 is 1.43 bits per heavy atom. The summed E-state index contributed by atoms with van der Waals surface area (Å²) in [5, 5.41) is 3.20. The molecule has 0 bridgehead atoms. The molecule has 1 aromatic heterocycles. The molecule has 1 heterocycles. The van der Waals surface area contributed by atoms with Crippen molar-refractivity contribution in [2.75, 3.05) is 19.0 Å². The number of anilines is 1. The Morgan fingerprint density at radius 2 is 2.14 bits per heavy atom. The van der Waals surface area contributed by atoms with E-state index in [0.29, 0.717) is 0 Å². The number of nitrogens with one attached hydrogen (secondary N) is 1. The average molecular weight is 195 g/mol. The summed E-state index contributed by atoms with van der Waals surface area (Å²) in [6.07, 6.45) is 1.55. The Morgan fingerprint density at radius 3 is 2.71 bits per heavy atom. The van der Waals surface area contributed by atoms with Crippen LogP contribution >= 0.6 is 0 Å². The van der Waals surface area contributed by atoms with E-state index in [1.807, 2.05) is 26.8 Å². The molecule has 0 spiro atoms. The molecule has 0 amide bonds. The number of nitrogens with zero attached hydrogens (tertiary/aromatic N) is 2. The summed E-state index contributed by atoms with van der Waals surface area (Å²) >= 11 is 0. The first-order valence-electron chi connectivity index (χ1n) is 4.61. The largest absolute Gasteiger partial charge is 0.377 e. The summed E-state index contributed by atoms with van der Waals surface area (Å²) in [5.74, 6) is 0.836. The molecule has 4 nitrogen and oxygen atoms in total. The van der Waals surface area contributed by atoms with Crippen LogP contribution in [0.5, 0.6) is 0 Å². The van der Waals surface area contributed by atoms with E-state index in [1.54, 1.807) is 13.4 Å². The lowest BCUT2D eigenvalue weighted by atomic mass is 10.1. The van der Waals surface area contributed by atoms with Gasteiger partial charge in [0.05, 0.1) is 5.60 Å². The zero-order valence-electron chi connectivity index (χ0n) is 9.16. The molecular weight excluding hydrogens is 178 g/mol. The number of hydrogen-bond acceptors (Lipinski definition) is 4. The lowest BCUT2D eigenvalue weighted by Gasteiger charge is -2.23. The number of aryl methyl sites for hydroxylation is 1. The molecule has 0 radical (unpaired) electrons. The monoisotopic (exact) mass is 195 g/mol. The van der Waals surface area contributed by atoms with E-state index in [2.05, 4.69) is 15.3 Å². The van der Waals surface area contributed by atoms with E-state index < -0.39 is 0 Å². The predicted molar refractivity (Wildman–Crippen MR) is 56.3 cm³/mol. The first kappa shape index (κ1) is 10.9. The van der Waals surface area contributed by atoms with E-state index >= 15 is 0 Å². The van der Waals surface area contributed by atoms with E-state index in [9.17, 15) is 0 Å². The molecule has 0 saturated heterocycles. The maximum Gasteiger partial charge on any atom is 0.129 e. The maximum absolute atomic E-state index is 5.28. The van der Waals surface area contributed by atoms with E-state index in [1.165, 1.54) is 0 Å². The van der Waals surface area contributed by atoms with Crippen LogP contribution in [-0.4, -0.2) is 29.2 Å². The van der Waals surface area contributed by atoms with Crippen molar-refractivity contribution in [3.63, 3.8) is 0 Å². The van der Waals surface area contributed by atoms with Gasteiger partial charge in [-0.1, -0.05) is 0 Å². The zero-order valence-corrected chi connectivity index (χ0v) is 9.16. The standard InChI is InChI=1S/C10H17N3O/c1-8-5-9(13-7-12-8)11-6-10(2,3)14-4/h5,7H,6H2,1-4H3,(H,11,12,13). The molecule has 0 atom stereocenters. The summed E-state index contributed by atoms with van der Waals surface area (Å²) in [7, 11) is 1.70. The van der Waals surface area contributed by atoms with Gasteiger partial charge in [-0.25, -0.2) is 9.97 Å². The van der Waals surface area contributed by atoms with Crippen molar-refractivity contribution in [3.05, 3.63) is 18.1 Å². The van der Waals surface area contributed by atoms with Crippen LogP contribution < -0.4 is 5.32 Å². The Hall–Kier alpha value is -1.16. The molecule has 0 aromatic carbocycles. The van der Waals surface area contributed by atoms with Gasteiger partial charge in [-0.15, -0.1) is 0 Å². The highest BCUT2D eigenvalue weighted by Crippen LogP contribution is 2.09. The second kappa shape index (κ2) is 4.37. The van der Waals surface area contributed by atoms with E-state index in [0.717, 1.165) is 18.1 Å². The van der Waals surface area contributed by atoms with Crippen LogP contribution in [0.4, 0.5) is 5.82 Å². The van der Waals surface area contributed by atoms with Gasteiger partial charge in [0.2, 0.25) is 0 Å². The van der Waals surface area contributed by atoms with Gasteiger partial charge in [-0.05, 0) is 20.8 Å². The summed E-state index contributed by atoms with van der Waals surface area (Å²) in [5.41, 5.74) is 0.775. The molecule has 4 heteroatoms. The number of rotatable bonds is 4. The average Bonchev–Trinajstić information content (AvgIpc) is 2.15. The van der Waals surface area contributed by atoms with Gasteiger partial charge in [-0.2, -0.15) is 0 Å². The van der Waals surface area contributed by atoms with Crippen LogP contribution in [0, 0.1) is 6.92 Å². The van der Waals surface area contributed by atoms with Crippen molar-refractivity contribution < 1.29 is 4.74 Å². The molecule has 0 saturated carbocycles. The van der Waals surface area contributed by atoms with Crippen molar-refractivity contribution in [1.29, 1.82) is 0 Å². The lowest BCUT2D eigenvalue weighted by Crippen LogP contribution is -2.32. The third kappa shape index (κ3) is 3.30. The van der Waals surface area contributed by atoms with Crippen LogP contribution in [0.1, 0.15) is 19.5 Å². The minimum atomic E-state index is -0.182.